The molecule has 1 atom stereocenters. The van der Waals surface area contributed by atoms with Gasteiger partial charge in [0.1, 0.15) is 12.1 Å². The molecule has 6 rings (SSSR count). The zero-order valence-corrected chi connectivity index (χ0v) is 25.9. The topological polar surface area (TPSA) is 139 Å². The number of alkyl halides is 3. The number of nitrogens with one attached hydrogen (secondary N) is 3. The van der Waals surface area contributed by atoms with Crippen molar-refractivity contribution in [3.8, 4) is 5.69 Å². The van der Waals surface area contributed by atoms with Gasteiger partial charge in [-0.2, -0.15) is 13.2 Å². The van der Waals surface area contributed by atoms with E-state index in [0.29, 0.717) is 39.5 Å². The molecule has 244 valence electrons. The van der Waals surface area contributed by atoms with Crippen LogP contribution in [0, 0.1) is 13.8 Å². The van der Waals surface area contributed by atoms with Gasteiger partial charge < -0.3 is 25.6 Å². The molecule has 3 aromatic heterocycles. The summed E-state index contributed by atoms with van der Waals surface area (Å²) >= 11 is 0. The number of aliphatic hydroxyl groups is 1. The van der Waals surface area contributed by atoms with Gasteiger partial charge in [-0.15, -0.1) is 0 Å². The number of aliphatic hydroxyl groups excluding tert-OH is 1. The molecule has 48 heavy (non-hydrogen) atoms. The van der Waals surface area contributed by atoms with Gasteiger partial charge in [-0.1, -0.05) is 18.2 Å². The predicted octanol–water partition coefficient (Wildman–Crippen LogP) is 7.38. The molecule has 2 amide bonds. The molecule has 0 bridgehead atoms. The van der Waals surface area contributed by atoms with E-state index in [9.17, 15) is 27.9 Å². The Balaban J connectivity index is 1.22. The summed E-state index contributed by atoms with van der Waals surface area (Å²) in [5, 5.41) is 19.1. The van der Waals surface area contributed by atoms with E-state index in [1.807, 2.05) is 6.07 Å². The lowest BCUT2D eigenvalue weighted by atomic mass is 10.1. The monoisotopic (exact) mass is 654 g/mol. The number of anilines is 4. The third-order valence-corrected chi connectivity index (χ3v) is 7.59. The van der Waals surface area contributed by atoms with Crippen molar-refractivity contribution in [1.82, 2.24) is 24.1 Å². The van der Waals surface area contributed by atoms with Crippen LogP contribution in [0.2, 0.25) is 0 Å². The molecule has 0 aliphatic rings. The van der Waals surface area contributed by atoms with Gasteiger partial charge in [0.05, 0.1) is 29.1 Å². The Morgan fingerprint density at radius 3 is 2.46 bits per heavy atom. The summed E-state index contributed by atoms with van der Waals surface area (Å²) in [5.74, 6) is -0.316. The lowest BCUT2D eigenvalue weighted by molar-refractivity contribution is -0.137. The zero-order chi connectivity index (χ0) is 34.2. The zero-order valence-electron chi connectivity index (χ0n) is 25.9. The lowest BCUT2D eigenvalue weighted by Gasteiger charge is -2.14. The Labute approximate surface area is 272 Å². The van der Waals surface area contributed by atoms with Crippen LogP contribution in [0.4, 0.5) is 40.8 Å². The number of aromatic nitrogens is 5. The van der Waals surface area contributed by atoms with E-state index in [2.05, 4.69) is 30.9 Å². The van der Waals surface area contributed by atoms with Gasteiger partial charge in [0.15, 0.2) is 5.65 Å². The van der Waals surface area contributed by atoms with Gasteiger partial charge in [-0.3, -0.25) is 9.36 Å². The Hall–Kier alpha value is -6.02. The number of carbonyl (C=O) groups excluding carboxylic acids is 2. The van der Waals surface area contributed by atoms with Crippen LogP contribution >= 0.6 is 0 Å². The first-order valence-electron chi connectivity index (χ1n) is 14.7. The molecule has 0 aliphatic heterocycles. The van der Waals surface area contributed by atoms with Gasteiger partial charge in [0, 0.05) is 40.7 Å². The van der Waals surface area contributed by atoms with Crippen LogP contribution in [0.3, 0.4) is 0 Å². The van der Waals surface area contributed by atoms with Crippen LogP contribution in [0.5, 0.6) is 0 Å². The Morgan fingerprint density at radius 1 is 0.917 bits per heavy atom. The van der Waals surface area contributed by atoms with Crippen molar-refractivity contribution >= 4 is 45.9 Å². The van der Waals surface area contributed by atoms with E-state index in [1.54, 1.807) is 69.6 Å². The van der Waals surface area contributed by atoms with Gasteiger partial charge in [0.2, 0.25) is 0 Å². The SMILES string of the molecule is Cc1cn(-c2cc(C(=O)Nc3ccc(C)c(NC(=O)n4ccc5c(Nc6cccc(C(C)O)c6)ncnc54)c3)cc(C(F)(F)F)c2)cn1. The minimum absolute atomic E-state index is 0.127. The third-order valence-electron chi connectivity index (χ3n) is 7.59. The van der Waals surface area contributed by atoms with Crippen LogP contribution in [0.25, 0.3) is 16.7 Å². The summed E-state index contributed by atoms with van der Waals surface area (Å²) < 4.78 is 43.9. The van der Waals surface area contributed by atoms with E-state index in [4.69, 9.17) is 0 Å². The molecule has 0 aliphatic carbocycles. The molecule has 3 aromatic carbocycles. The summed E-state index contributed by atoms with van der Waals surface area (Å²) in [7, 11) is 0. The highest BCUT2D eigenvalue weighted by Gasteiger charge is 2.32. The van der Waals surface area contributed by atoms with Crippen molar-refractivity contribution in [2.45, 2.75) is 33.1 Å². The van der Waals surface area contributed by atoms with Crippen LogP contribution in [-0.4, -0.2) is 41.1 Å². The van der Waals surface area contributed by atoms with E-state index in [1.165, 1.54) is 33.9 Å². The first-order valence-corrected chi connectivity index (χ1v) is 14.7. The number of fused-ring (bicyclic) bond motifs is 1. The Morgan fingerprint density at radius 2 is 1.73 bits per heavy atom. The van der Waals surface area contributed by atoms with Crippen LogP contribution in [-0.2, 0) is 6.18 Å². The van der Waals surface area contributed by atoms with Crippen LogP contribution < -0.4 is 16.0 Å². The molecule has 0 saturated carbocycles. The molecule has 6 aromatic rings. The second-order valence-corrected chi connectivity index (χ2v) is 11.2. The number of halogens is 3. The summed E-state index contributed by atoms with van der Waals surface area (Å²) in [5.41, 5.74) is 2.56. The Kier molecular flexibility index (Phi) is 8.41. The van der Waals surface area contributed by atoms with Gasteiger partial charge in [-0.25, -0.2) is 19.7 Å². The molecular formula is C34H29F3N8O3. The highest BCUT2D eigenvalue weighted by Crippen LogP contribution is 2.32. The van der Waals surface area contributed by atoms with E-state index >= 15 is 0 Å². The fourth-order valence-corrected chi connectivity index (χ4v) is 5.06. The van der Waals surface area contributed by atoms with Crippen molar-refractivity contribution < 1.29 is 27.9 Å². The first kappa shape index (κ1) is 31.9. The van der Waals surface area contributed by atoms with Crippen molar-refractivity contribution in [3.05, 3.63) is 120 Å². The normalized spacial score (nSPS) is 12.1. The molecule has 0 saturated heterocycles. The van der Waals surface area contributed by atoms with Crippen molar-refractivity contribution in [2.75, 3.05) is 16.0 Å². The fourth-order valence-electron chi connectivity index (χ4n) is 5.06. The maximum Gasteiger partial charge on any atom is 0.416 e. The van der Waals surface area contributed by atoms with E-state index < -0.39 is 29.8 Å². The van der Waals surface area contributed by atoms with E-state index in [-0.39, 0.29) is 16.9 Å². The number of hydrogen-bond acceptors (Lipinski definition) is 7. The Bertz CT molecular complexity index is 2170. The molecular weight excluding hydrogens is 625 g/mol. The molecule has 1 unspecified atom stereocenters. The maximum absolute atomic E-state index is 13.7. The molecule has 0 spiro atoms. The highest BCUT2D eigenvalue weighted by molar-refractivity contribution is 6.06. The average Bonchev–Trinajstić information content (AvgIpc) is 3.69. The van der Waals surface area contributed by atoms with Gasteiger partial charge in [-0.05, 0) is 80.4 Å². The van der Waals surface area contributed by atoms with Crippen molar-refractivity contribution in [1.29, 1.82) is 0 Å². The number of imidazole rings is 1. The van der Waals surface area contributed by atoms with Gasteiger partial charge in [0.25, 0.3) is 5.91 Å². The van der Waals surface area contributed by atoms with Crippen LogP contribution in [0.15, 0.2) is 91.8 Å². The minimum Gasteiger partial charge on any atom is -0.389 e. The number of hydrogen-bond donors (Lipinski definition) is 4. The van der Waals surface area contributed by atoms with Crippen molar-refractivity contribution in [2.24, 2.45) is 0 Å². The quantitative estimate of drug-likeness (QED) is 0.141. The summed E-state index contributed by atoms with van der Waals surface area (Å²) in [6, 6.07) is 16.2. The number of nitrogens with zero attached hydrogens (tertiary/aromatic N) is 5. The minimum atomic E-state index is -4.68. The fraction of sp³-hybridized carbons (Fsp3) is 0.147. The second kappa shape index (κ2) is 12.6. The number of benzene rings is 3. The summed E-state index contributed by atoms with van der Waals surface area (Å²) in [4.78, 5) is 39.3. The number of aryl methyl sites for hydroxylation is 2. The molecule has 0 fully saturated rings. The predicted molar refractivity (Wildman–Crippen MR) is 175 cm³/mol. The molecule has 3 heterocycles. The maximum atomic E-state index is 13.7. The number of rotatable bonds is 7. The van der Waals surface area contributed by atoms with Crippen LogP contribution in [0.1, 0.15) is 45.8 Å². The number of carbonyl (C=O) groups is 2. The molecule has 0 radical (unpaired) electrons. The lowest BCUT2D eigenvalue weighted by Crippen LogP contribution is -2.20. The first-order chi connectivity index (χ1) is 22.9. The third kappa shape index (κ3) is 6.73. The smallest absolute Gasteiger partial charge is 0.389 e. The largest absolute Gasteiger partial charge is 0.416 e. The molecule has 14 heteroatoms. The van der Waals surface area contributed by atoms with Gasteiger partial charge >= 0.3 is 12.2 Å². The summed E-state index contributed by atoms with van der Waals surface area (Å²) in [6.07, 6.45) is 0.455. The highest BCUT2D eigenvalue weighted by atomic mass is 19.4. The summed E-state index contributed by atoms with van der Waals surface area (Å²) in [6.45, 7) is 5.13. The van der Waals surface area contributed by atoms with E-state index in [0.717, 1.165) is 17.7 Å². The second-order valence-electron chi connectivity index (χ2n) is 11.2. The van der Waals surface area contributed by atoms with Crippen molar-refractivity contribution in [3.63, 3.8) is 0 Å². The number of amides is 2. The molecule has 11 nitrogen and oxygen atoms in total. The average molecular weight is 655 g/mol. The molecule has 4 N–H and O–H groups in total. The standard InChI is InChI=1S/C34H29F3N8O3/c1-19-7-8-26(42-32(47)23-11-24(34(35,36)37)14-27(13-23)44-16-20(2)40-18-44)15-29(19)43-33(48)45-10-9-28-30(38-17-39-31(28)45)41-25-6-4-5-22(12-25)21(3)46/h4-18,21,46H,1-3H3,(H,42,47)(H,43,48)(H,38,39,41).